The third-order valence-electron chi connectivity index (χ3n) is 3.95. The third-order valence-corrected chi connectivity index (χ3v) is 3.95. The average molecular weight is 261 g/mol. The van der Waals surface area contributed by atoms with Gasteiger partial charge in [0.2, 0.25) is 5.91 Å². The van der Waals surface area contributed by atoms with Crippen LogP contribution in [0.25, 0.3) is 0 Å². The second-order valence-corrected chi connectivity index (χ2v) is 5.41. The van der Waals surface area contributed by atoms with Gasteiger partial charge in [0.25, 0.3) is 0 Å². The molecule has 2 rings (SSSR count). The number of aromatic nitrogens is 1. The minimum Gasteiger partial charge on any atom is -0.397 e. The highest BCUT2D eigenvalue weighted by atomic mass is 16.2. The van der Waals surface area contributed by atoms with E-state index in [4.69, 9.17) is 5.73 Å². The van der Waals surface area contributed by atoms with E-state index in [9.17, 15) is 4.79 Å². The first kappa shape index (κ1) is 13.8. The molecule has 104 valence electrons. The van der Waals surface area contributed by atoms with Gasteiger partial charge in [-0.15, -0.1) is 0 Å². The van der Waals surface area contributed by atoms with Crippen LogP contribution in [0, 0.1) is 0 Å². The normalized spacial score (nSPS) is 16.9. The van der Waals surface area contributed by atoms with Crippen molar-refractivity contribution in [2.24, 2.45) is 0 Å². The van der Waals surface area contributed by atoms with E-state index in [1.165, 1.54) is 25.7 Å². The quantitative estimate of drug-likeness (QED) is 0.850. The second kappa shape index (κ2) is 6.55. The van der Waals surface area contributed by atoms with Crippen molar-refractivity contribution < 1.29 is 4.79 Å². The predicted octanol–water partition coefficient (Wildman–Crippen LogP) is 2.39. The fraction of sp³-hybridized carbons (Fsp3) is 0.600. The van der Waals surface area contributed by atoms with Crippen molar-refractivity contribution >= 4 is 11.6 Å². The van der Waals surface area contributed by atoms with Gasteiger partial charge in [-0.25, -0.2) is 0 Å². The van der Waals surface area contributed by atoms with Crippen LogP contribution in [0.4, 0.5) is 5.69 Å². The molecule has 1 heterocycles. The van der Waals surface area contributed by atoms with Crippen LogP contribution < -0.4 is 5.73 Å². The number of rotatable bonds is 3. The van der Waals surface area contributed by atoms with Crippen LogP contribution in [0.3, 0.4) is 0 Å². The Hall–Kier alpha value is -1.58. The third kappa shape index (κ3) is 3.94. The Bertz CT molecular complexity index is 408. The Balaban J connectivity index is 1.92. The first-order valence-electron chi connectivity index (χ1n) is 7.13. The monoisotopic (exact) mass is 261 g/mol. The lowest BCUT2D eigenvalue weighted by molar-refractivity contribution is -0.131. The molecule has 1 fully saturated rings. The van der Waals surface area contributed by atoms with E-state index in [1.807, 2.05) is 18.0 Å². The molecule has 4 nitrogen and oxygen atoms in total. The number of amides is 1. The van der Waals surface area contributed by atoms with Crippen LogP contribution in [0.5, 0.6) is 0 Å². The van der Waals surface area contributed by atoms with Crippen LogP contribution in [-0.4, -0.2) is 28.9 Å². The Labute approximate surface area is 115 Å². The fourth-order valence-electron chi connectivity index (χ4n) is 2.67. The lowest BCUT2D eigenvalue weighted by atomic mass is 10.1. The maximum atomic E-state index is 12.3. The van der Waals surface area contributed by atoms with Crippen molar-refractivity contribution in [2.75, 3.05) is 12.8 Å². The van der Waals surface area contributed by atoms with Crippen molar-refractivity contribution in [1.82, 2.24) is 9.88 Å². The number of carbonyl (C=O) groups excluding carboxylic acids is 1. The molecule has 1 amide bonds. The van der Waals surface area contributed by atoms with E-state index in [-0.39, 0.29) is 5.91 Å². The number of nitrogens with two attached hydrogens (primary N) is 1. The topological polar surface area (TPSA) is 59.2 Å². The van der Waals surface area contributed by atoms with Crippen molar-refractivity contribution in [3.8, 4) is 0 Å². The largest absolute Gasteiger partial charge is 0.397 e. The highest BCUT2D eigenvalue weighted by Gasteiger charge is 2.21. The number of anilines is 1. The molecule has 0 unspecified atom stereocenters. The molecule has 1 aliphatic carbocycles. The standard InChI is InChI=1S/C15H23N3O/c1-18(14-6-4-2-3-5-7-14)15(19)10-13-9-8-12(16)11-17-13/h8-9,11,14H,2-7,10,16H2,1H3. The molecule has 0 saturated heterocycles. The smallest absolute Gasteiger partial charge is 0.228 e. The molecular formula is C15H23N3O. The van der Waals surface area contributed by atoms with E-state index in [1.54, 1.807) is 12.3 Å². The Morgan fingerprint density at radius 1 is 1.32 bits per heavy atom. The highest BCUT2D eigenvalue weighted by molar-refractivity contribution is 5.78. The van der Waals surface area contributed by atoms with Gasteiger partial charge >= 0.3 is 0 Å². The maximum Gasteiger partial charge on any atom is 0.228 e. The summed E-state index contributed by atoms with van der Waals surface area (Å²) >= 11 is 0. The molecule has 0 spiro atoms. The molecule has 2 N–H and O–H groups in total. The number of hydrogen-bond acceptors (Lipinski definition) is 3. The number of likely N-dealkylation sites (N-methyl/N-ethyl adjacent to an activating group) is 1. The molecule has 1 aliphatic rings. The molecule has 0 aromatic carbocycles. The van der Waals surface area contributed by atoms with Gasteiger partial charge in [-0.3, -0.25) is 9.78 Å². The Morgan fingerprint density at radius 2 is 2.00 bits per heavy atom. The summed E-state index contributed by atoms with van der Waals surface area (Å²) in [5, 5.41) is 0. The van der Waals surface area contributed by atoms with Gasteiger partial charge in [0, 0.05) is 18.8 Å². The van der Waals surface area contributed by atoms with E-state index < -0.39 is 0 Å². The summed E-state index contributed by atoms with van der Waals surface area (Å²) in [6, 6.07) is 4.03. The minimum atomic E-state index is 0.157. The molecule has 0 aliphatic heterocycles. The summed E-state index contributed by atoms with van der Waals surface area (Å²) in [5.74, 6) is 0.157. The van der Waals surface area contributed by atoms with E-state index in [2.05, 4.69) is 4.98 Å². The van der Waals surface area contributed by atoms with Gasteiger partial charge in [0.1, 0.15) is 0 Å². The summed E-state index contributed by atoms with van der Waals surface area (Å²) in [6.07, 6.45) is 9.33. The van der Waals surface area contributed by atoms with Crippen LogP contribution >= 0.6 is 0 Å². The van der Waals surface area contributed by atoms with Crippen molar-refractivity contribution in [1.29, 1.82) is 0 Å². The maximum absolute atomic E-state index is 12.3. The molecule has 0 radical (unpaired) electrons. The number of nitrogens with zero attached hydrogens (tertiary/aromatic N) is 2. The Morgan fingerprint density at radius 3 is 2.58 bits per heavy atom. The molecule has 0 bridgehead atoms. The average Bonchev–Trinajstić information content (AvgIpc) is 2.69. The number of hydrogen-bond donors (Lipinski definition) is 1. The summed E-state index contributed by atoms with van der Waals surface area (Å²) in [6.45, 7) is 0. The molecule has 1 saturated carbocycles. The second-order valence-electron chi connectivity index (χ2n) is 5.41. The van der Waals surface area contributed by atoms with Crippen LogP contribution in [-0.2, 0) is 11.2 Å². The molecule has 19 heavy (non-hydrogen) atoms. The summed E-state index contributed by atoms with van der Waals surface area (Å²) < 4.78 is 0. The van der Waals surface area contributed by atoms with Crippen molar-refractivity contribution in [3.63, 3.8) is 0 Å². The number of pyridine rings is 1. The summed E-state index contributed by atoms with van der Waals surface area (Å²) in [7, 11) is 1.93. The minimum absolute atomic E-state index is 0.157. The first-order valence-corrected chi connectivity index (χ1v) is 7.13. The van der Waals surface area contributed by atoms with Gasteiger partial charge in [-0.05, 0) is 25.0 Å². The Kier molecular flexibility index (Phi) is 4.77. The zero-order chi connectivity index (χ0) is 13.7. The van der Waals surface area contributed by atoms with Crippen molar-refractivity contribution in [2.45, 2.75) is 51.0 Å². The van der Waals surface area contributed by atoms with Crippen LogP contribution in [0.2, 0.25) is 0 Å². The SMILES string of the molecule is CN(C(=O)Cc1ccc(N)cn1)C1CCCCCC1. The lowest BCUT2D eigenvalue weighted by Gasteiger charge is -2.27. The molecular weight excluding hydrogens is 238 g/mol. The van der Waals surface area contributed by atoms with Gasteiger partial charge < -0.3 is 10.6 Å². The molecule has 4 heteroatoms. The van der Waals surface area contributed by atoms with E-state index in [0.717, 1.165) is 18.5 Å². The van der Waals surface area contributed by atoms with Crippen LogP contribution in [0.1, 0.15) is 44.2 Å². The van der Waals surface area contributed by atoms with Crippen LogP contribution in [0.15, 0.2) is 18.3 Å². The zero-order valence-electron chi connectivity index (χ0n) is 11.6. The molecule has 1 aromatic heterocycles. The highest BCUT2D eigenvalue weighted by Crippen LogP contribution is 2.21. The van der Waals surface area contributed by atoms with Gasteiger partial charge in [-0.2, -0.15) is 0 Å². The first-order chi connectivity index (χ1) is 9.16. The molecule has 0 atom stereocenters. The zero-order valence-corrected chi connectivity index (χ0v) is 11.6. The predicted molar refractivity (Wildman–Crippen MR) is 76.6 cm³/mol. The number of nitrogen functional groups attached to an aromatic ring is 1. The number of carbonyl (C=O) groups is 1. The lowest BCUT2D eigenvalue weighted by Crippen LogP contribution is -2.37. The fourth-order valence-corrected chi connectivity index (χ4v) is 2.67. The summed E-state index contributed by atoms with van der Waals surface area (Å²) in [4.78, 5) is 18.4. The van der Waals surface area contributed by atoms with E-state index >= 15 is 0 Å². The van der Waals surface area contributed by atoms with Crippen molar-refractivity contribution in [3.05, 3.63) is 24.0 Å². The molecule has 1 aromatic rings. The van der Waals surface area contributed by atoms with E-state index in [0.29, 0.717) is 18.2 Å². The summed E-state index contributed by atoms with van der Waals surface area (Å²) in [5.41, 5.74) is 7.02. The van der Waals surface area contributed by atoms with Gasteiger partial charge in [-0.1, -0.05) is 25.7 Å². The van der Waals surface area contributed by atoms with Gasteiger partial charge in [0.15, 0.2) is 0 Å². The van der Waals surface area contributed by atoms with Gasteiger partial charge in [0.05, 0.1) is 18.3 Å².